The number of amides is 2. The Kier molecular flexibility index (Phi) is 7.11. The van der Waals surface area contributed by atoms with Crippen molar-refractivity contribution in [2.45, 2.75) is 57.7 Å². The second kappa shape index (κ2) is 10.1. The fraction of sp³-hybridized carbons (Fsp3) is 0.400. The van der Waals surface area contributed by atoms with Crippen LogP contribution in [0.4, 0.5) is 33.6 Å². The molecule has 0 fully saturated rings. The Bertz CT molecular complexity index is 1750. The van der Waals surface area contributed by atoms with E-state index < -0.39 is 47.7 Å². The molecule has 4 aromatic heterocycles. The molecule has 0 aliphatic carbocycles. The fourth-order valence-corrected chi connectivity index (χ4v) is 5.72. The van der Waals surface area contributed by atoms with E-state index in [1.165, 1.54) is 18.3 Å². The van der Waals surface area contributed by atoms with Crippen LogP contribution < -0.4 is 16.5 Å². The van der Waals surface area contributed by atoms with E-state index >= 15 is 0 Å². The number of carbonyl (C=O) groups excluding carboxylic acids is 2. The Hall–Kier alpha value is -4.32. The van der Waals surface area contributed by atoms with Crippen molar-refractivity contribution >= 4 is 45.8 Å². The van der Waals surface area contributed by atoms with Gasteiger partial charge in [-0.2, -0.15) is 27.1 Å². The molecule has 43 heavy (non-hydrogen) atoms. The Labute approximate surface area is 243 Å². The quantitative estimate of drug-likeness (QED) is 0.129. The molecule has 4 aromatic rings. The van der Waals surface area contributed by atoms with Gasteiger partial charge in [-0.05, 0) is 19.1 Å². The molecule has 1 unspecified atom stereocenters. The van der Waals surface area contributed by atoms with Crippen LogP contribution >= 0.6 is 11.3 Å². The van der Waals surface area contributed by atoms with Crippen molar-refractivity contribution in [3.05, 3.63) is 40.0 Å². The van der Waals surface area contributed by atoms with Crippen molar-refractivity contribution in [2.75, 3.05) is 11.1 Å². The number of carbonyl (C=O) groups is 2. The van der Waals surface area contributed by atoms with Crippen LogP contribution in [0.25, 0.3) is 22.6 Å². The highest BCUT2D eigenvalue weighted by atomic mass is 32.1. The van der Waals surface area contributed by atoms with Gasteiger partial charge in [0.05, 0.1) is 22.1 Å². The summed E-state index contributed by atoms with van der Waals surface area (Å²) in [5.74, 6) is -6.26. The van der Waals surface area contributed by atoms with E-state index in [1.807, 2.05) is 0 Å². The van der Waals surface area contributed by atoms with E-state index in [0.29, 0.717) is 10.7 Å². The number of nitrogen functional groups attached to an aromatic ring is 1. The van der Waals surface area contributed by atoms with Crippen LogP contribution in [-0.4, -0.2) is 58.8 Å². The molecule has 1 atom stereocenters. The van der Waals surface area contributed by atoms with Crippen molar-refractivity contribution in [1.82, 2.24) is 35.2 Å². The van der Waals surface area contributed by atoms with Gasteiger partial charge in [0.25, 0.3) is 0 Å². The Morgan fingerprint density at radius 3 is 2.60 bits per heavy atom. The molecule has 1 aliphatic heterocycles. The summed E-state index contributed by atoms with van der Waals surface area (Å²) < 4.78 is 66.4. The lowest BCUT2D eigenvalue weighted by Crippen LogP contribution is -2.37. The first-order valence-corrected chi connectivity index (χ1v) is 13.5. The number of hydroxylamine groups is 1. The summed E-state index contributed by atoms with van der Waals surface area (Å²) in [6.07, 6.45) is -5.81. The van der Waals surface area contributed by atoms with Gasteiger partial charge in [0.1, 0.15) is 27.8 Å². The number of halogens is 5. The molecule has 0 aromatic carbocycles. The normalized spacial score (nSPS) is 17.3. The zero-order chi connectivity index (χ0) is 31.5. The van der Waals surface area contributed by atoms with E-state index in [9.17, 15) is 31.5 Å². The summed E-state index contributed by atoms with van der Waals surface area (Å²) in [4.78, 5) is 42.7. The number of hydrogen-bond acceptors (Lipinski definition) is 10. The minimum Gasteiger partial charge on any atom is -0.383 e. The zero-order valence-electron chi connectivity index (χ0n) is 22.8. The van der Waals surface area contributed by atoms with Crippen LogP contribution in [0.15, 0.2) is 23.7 Å². The lowest BCUT2D eigenvalue weighted by Gasteiger charge is -2.21. The maximum atomic E-state index is 13.6. The molecule has 0 saturated carbocycles. The average molecular weight is 626 g/mol. The Morgan fingerprint density at radius 1 is 1.21 bits per heavy atom. The SMILES string of the molecule is CC(C)(Cc1csc(C2(C)C(=O)Nc3nc(-c4nn(CCC(F)(F)C(F)(F)F)c5ncccc45)nc(N)c32)n1)C(=O)NO. The van der Waals surface area contributed by atoms with E-state index in [0.717, 1.165) is 16.0 Å². The van der Waals surface area contributed by atoms with Gasteiger partial charge in [0.15, 0.2) is 11.5 Å². The van der Waals surface area contributed by atoms with Crippen molar-refractivity contribution < 1.29 is 36.7 Å². The number of anilines is 2. The van der Waals surface area contributed by atoms with E-state index in [4.69, 9.17) is 10.9 Å². The Balaban J connectivity index is 1.51. The highest BCUT2D eigenvalue weighted by molar-refractivity contribution is 7.10. The largest absolute Gasteiger partial charge is 0.453 e. The number of hydrogen-bond donors (Lipinski definition) is 4. The van der Waals surface area contributed by atoms with Gasteiger partial charge >= 0.3 is 12.1 Å². The second-order valence-electron chi connectivity index (χ2n) is 10.8. The van der Waals surface area contributed by atoms with E-state index in [2.05, 4.69) is 30.4 Å². The number of thiazole rings is 1. The second-order valence-corrected chi connectivity index (χ2v) is 11.6. The summed E-state index contributed by atoms with van der Waals surface area (Å²) >= 11 is 1.15. The first-order chi connectivity index (χ1) is 20.0. The van der Waals surface area contributed by atoms with Crippen LogP contribution in [-0.2, 0) is 28.0 Å². The van der Waals surface area contributed by atoms with E-state index in [-0.39, 0.29) is 46.2 Å². The number of pyridine rings is 1. The summed E-state index contributed by atoms with van der Waals surface area (Å²) in [6, 6.07) is 3.04. The van der Waals surface area contributed by atoms with Crippen molar-refractivity contribution in [3.8, 4) is 11.5 Å². The Morgan fingerprint density at radius 2 is 1.93 bits per heavy atom. The molecule has 12 nitrogen and oxygen atoms in total. The predicted molar refractivity (Wildman–Crippen MR) is 143 cm³/mol. The highest BCUT2D eigenvalue weighted by Gasteiger charge is 2.57. The van der Waals surface area contributed by atoms with Gasteiger partial charge in [0, 0.05) is 31.0 Å². The third-order valence-electron chi connectivity index (χ3n) is 7.21. The van der Waals surface area contributed by atoms with Crippen molar-refractivity contribution in [1.29, 1.82) is 0 Å². The van der Waals surface area contributed by atoms with Crippen molar-refractivity contribution in [2.24, 2.45) is 5.41 Å². The molecular formula is C25H24F5N9O3S. The van der Waals surface area contributed by atoms with Crippen LogP contribution in [0.1, 0.15) is 43.5 Å². The number of nitrogens with one attached hydrogen (secondary N) is 2. The molecule has 5 heterocycles. The fourth-order valence-electron chi connectivity index (χ4n) is 4.74. The zero-order valence-corrected chi connectivity index (χ0v) is 23.6. The van der Waals surface area contributed by atoms with Gasteiger partial charge in [-0.25, -0.2) is 30.1 Å². The van der Waals surface area contributed by atoms with Crippen LogP contribution in [0, 0.1) is 5.41 Å². The van der Waals surface area contributed by atoms with Crippen LogP contribution in [0.2, 0.25) is 0 Å². The molecule has 2 amide bonds. The molecule has 228 valence electrons. The maximum absolute atomic E-state index is 13.6. The van der Waals surface area contributed by atoms with Crippen LogP contribution in [0.3, 0.4) is 0 Å². The topological polar surface area (TPSA) is 174 Å². The number of alkyl halides is 5. The third kappa shape index (κ3) is 5.03. The lowest BCUT2D eigenvalue weighted by molar-refractivity contribution is -0.285. The summed E-state index contributed by atoms with van der Waals surface area (Å²) in [5.41, 5.74) is 6.30. The summed E-state index contributed by atoms with van der Waals surface area (Å²) in [7, 11) is 0. The predicted octanol–water partition coefficient (Wildman–Crippen LogP) is 3.85. The first-order valence-electron chi connectivity index (χ1n) is 12.6. The lowest BCUT2D eigenvalue weighted by atomic mass is 9.84. The number of nitrogens with zero attached hydrogens (tertiary/aromatic N) is 6. The third-order valence-corrected chi connectivity index (χ3v) is 8.33. The van der Waals surface area contributed by atoms with Crippen molar-refractivity contribution in [3.63, 3.8) is 0 Å². The standard InChI is InChI=1S/C25H24F5N9O3S/c1-22(2,19(40)38-42)9-11-10-43-21(33-11)23(3)13-15(31)34-17(35-16(13)36-20(23)41)14-12-5-4-7-32-18(12)39(37-14)8-6-24(26,27)25(28,29)30/h4-5,7,10,42H,6,8-9H2,1-3H3,(H,38,40)(H3,31,34,35,36,41). The average Bonchev–Trinajstić information content (AvgIpc) is 3.61. The van der Waals surface area contributed by atoms with Gasteiger partial charge < -0.3 is 11.1 Å². The molecular weight excluding hydrogens is 601 g/mol. The molecule has 5 N–H and O–H groups in total. The number of nitrogens with two attached hydrogens (primary N) is 1. The minimum absolute atomic E-state index is 0.0108. The van der Waals surface area contributed by atoms with Crippen LogP contribution in [0.5, 0.6) is 0 Å². The minimum atomic E-state index is -5.73. The maximum Gasteiger partial charge on any atom is 0.453 e. The number of rotatable bonds is 8. The van der Waals surface area contributed by atoms with Gasteiger partial charge in [-0.15, -0.1) is 11.3 Å². The number of fused-ring (bicyclic) bond motifs is 2. The monoisotopic (exact) mass is 625 g/mol. The van der Waals surface area contributed by atoms with E-state index in [1.54, 1.807) is 31.6 Å². The molecule has 18 heteroatoms. The first kappa shape index (κ1) is 30.1. The molecule has 0 bridgehead atoms. The molecule has 0 spiro atoms. The summed E-state index contributed by atoms with van der Waals surface area (Å²) in [6.45, 7) is 4.01. The van der Waals surface area contributed by atoms with Gasteiger partial charge in [0.2, 0.25) is 11.8 Å². The number of aryl methyl sites for hydroxylation is 1. The molecule has 5 rings (SSSR count). The number of aromatic nitrogens is 6. The molecule has 0 radical (unpaired) electrons. The highest BCUT2D eigenvalue weighted by Crippen LogP contribution is 2.46. The molecule has 0 saturated heterocycles. The smallest absolute Gasteiger partial charge is 0.383 e. The summed E-state index contributed by atoms with van der Waals surface area (Å²) in [5, 5.41) is 18.1. The van der Waals surface area contributed by atoms with Gasteiger partial charge in [-0.1, -0.05) is 13.8 Å². The van der Waals surface area contributed by atoms with Gasteiger partial charge in [-0.3, -0.25) is 14.8 Å². The molecule has 1 aliphatic rings.